The molecule has 0 amide bonds. The normalized spacial score (nSPS) is 25.9. The van der Waals surface area contributed by atoms with E-state index in [4.69, 9.17) is 14.2 Å². The first-order valence-electron chi connectivity index (χ1n) is 11.6. The van der Waals surface area contributed by atoms with Crippen molar-refractivity contribution < 1.29 is 33.2 Å². The third kappa shape index (κ3) is 6.31. The molecule has 35 heavy (non-hydrogen) atoms. The van der Waals surface area contributed by atoms with Crippen LogP contribution in [-0.4, -0.2) is 47.2 Å². The third-order valence-electron chi connectivity index (χ3n) is 6.25. The second-order valence-electron chi connectivity index (χ2n) is 8.74. The Kier molecular flexibility index (Phi) is 8.59. The lowest BCUT2D eigenvalue weighted by Gasteiger charge is -2.47. The largest absolute Gasteiger partial charge is 0.387 e. The minimum Gasteiger partial charge on any atom is -0.387 e. The molecule has 0 aliphatic heterocycles. The predicted molar refractivity (Wildman–Crippen MR) is 127 cm³/mol. The van der Waals surface area contributed by atoms with Crippen LogP contribution in [0.3, 0.4) is 0 Å². The summed E-state index contributed by atoms with van der Waals surface area (Å²) >= 11 is 0. The zero-order chi connectivity index (χ0) is 24.7. The van der Waals surface area contributed by atoms with Gasteiger partial charge in [0.15, 0.2) is 0 Å². The van der Waals surface area contributed by atoms with Crippen LogP contribution in [0.1, 0.15) is 16.7 Å². The molecule has 1 fully saturated rings. The summed E-state index contributed by atoms with van der Waals surface area (Å²) in [6.07, 6.45) is -6.55. The van der Waals surface area contributed by atoms with Gasteiger partial charge in [-0.3, -0.25) is 0 Å². The van der Waals surface area contributed by atoms with E-state index in [1.54, 1.807) is 0 Å². The van der Waals surface area contributed by atoms with E-state index in [1.165, 1.54) is 0 Å². The second kappa shape index (κ2) is 11.8. The van der Waals surface area contributed by atoms with Crippen LogP contribution in [0.15, 0.2) is 91.0 Å². The number of aliphatic hydroxyl groups is 2. The number of aliphatic hydroxyl groups excluding tert-OH is 2. The average Bonchev–Trinajstić information content (AvgIpc) is 2.89. The number of halogens is 2. The van der Waals surface area contributed by atoms with Crippen LogP contribution < -0.4 is 0 Å². The number of hydrogen-bond donors (Lipinski definition) is 2. The van der Waals surface area contributed by atoms with Gasteiger partial charge < -0.3 is 24.4 Å². The van der Waals surface area contributed by atoms with Crippen molar-refractivity contribution in [1.82, 2.24) is 0 Å². The molecule has 0 spiro atoms. The van der Waals surface area contributed by atoms with Gasteiger partial charge in [-0.2, -0.15) is 0 Å². The zero-order valence-corrected chi connectivity index (χ0v) is 19.3. The summed E-state index contributed by atoms with van der Waals surface area (Å²) < 4.78 is 48.2. The summed E-state index contributed by atoms with van der Waals surface area (Å²) in [5, 5.41) is 21.0. The maximum atomic E-state index is 15.3. The van der Waals surface area contributed by atoms with Gasteiger partial charge in [0.1, 0.15) is 18.3 Å². The molecule has 5 unspecified atom stereocenters. The first-order chi connectivity index (χ1) is 17.0. The molecular weight excluding hydrogens is 454 g/mol. The maximum absolute atomic E-state index is 15.3. The van der Waals surface area contributed by atoms with Gasteiger partial charge in [0.2, 0.25) is 0 Å². The Bertz CT molecular complexity index is 1020. The van der Waals surface area contributed by atoms with Crippen LogP contribution in [0, 0.1) is 5.92 Å². The van der Waals surface area contributed by atoms with E-state index in [1.807, 2.05) is 91.0 Å². The van der Waals surface area contributed by atoms with Gasteiger partial charge in [0, 0.05) is 0 Å². The van der Waals surface area contributed by atoms with Crippen molar-refractivity contribution in [2.24, 2.45) is 5.92 Å². The topological polar surface area (TPSA) is 68.2 Å². The molecule has 0 radical (unpaired) electrons. The fourth-order valence-corrected chi connectivity index (χ4v) is 4.29. The van der Waals surface area contributed by atoms with Crippen molar-refractivity contribution in [1.29, 1.82) is 0 Å². The first-order valence-corrected chi connectivity index (χ1v) is 11.6. The molecule has 1 aliphatic carbocycles. The van der Waals surface area contributed by atoms with Gasteiger partial charge in [0.05, 0.1) is 38.4 Å². The van der Waals surface area contributed by atoms with Gasteiger partial charge in [0.25, 0.3) is 5.92 Å². The van der Waals surface area contributed by atoms with E-state index in [0.29, 0.717) is 0 Å². The number of alkyl halides is 2. The summed E-state index contributed by atoms with van der Waals surface area (Å²) in [4.78, 5) is 0. The Labute approximate surface area is 203 Å². The maximum Gasteiger partial charge on any atom is 0.283 e. The summed E-state index contributed by atoms with van der Waals surface area (Å²) in [7, 11) is 0. The Morgan fingerprint density at radius 2 is 1.06 bits per heavy atom. The third-order valence-corrected chi connectivity index (χ3v) is 6.25. The molecule has 0 bridgehead atoms. The molecule has 186 valence electrons. The molecule has 0 saturated heterocycles. The number of ether oxygens (including phenoxy) is 3. The molecular formula is C28H30F2O5. The second-order valence-corrected chi connectivity index (χ2v) is 8.74. The summed E-state index contributed by atoms with van der Waals surface area (Å²) in [5.74, 6) is -5.18. The lowest BCUT2D eigenvalue weighted by molar-refractivity contribution is -0.294. The Morgan fingerprint density at radius 3 is 1.54 bits per heavy atom. The molecule has 3 aromatic rings. The molecule has 0 aromatic heterocycles. The van der Waals surface area contributed by atoms with Gasteiger partial charge in [-0.25, -0.2) is 8.78 Å². The zero-order valence-electron chi connectivity index (χ0n) is 19.3. The molecule has 0 heterocycles. The Morgan fingerprint density at radius 1 is 0.629 bits per heavy atom. The highest BCUT2D eigenvalue weighted by Gasteiger charge is 2.62. The van der Waals surface area contributed by atoms with Crippen LogP contribution >= 0.6 is 0 Å². The van der Waals surface area contributed by atoms with Crippen molar-refractivity contribution in [2.75, 3.05) is 6.61 Å². The van der Waals surface area contributed by atoms with Crippen molar-refractivity contribution in [3.05, 3.63) is 108 Å². The van der Waals surface area contributed by atoms with Crippen molar-refractivity contribution in [3.63, 3.8) is 0 Å². The van der Waals surface area contributed by atoms with E-state index in [2.05, 4.69) is 0 Å². The fourth-order valence-electron chi connectivity index (χ4n) is 4.29. The standard InChI is InChI=1S/C28H30F2O5/c29-28(30)23(19-33-16-20-10-4-1-5-11-20)25(34-17-21-12-6-2-7-13-21)26(24(31)27(28)32)35-18-22-14-8-3-9-15-22/h1-15,23-27,31-32H,16-19H2. The van der Waals surface area contributed by atoms with E-state index in [9.17, 15) is 10.2 Å². The van der Waals surface area contributed by atoms with E-state index >= 15 is 8.78 Å². The van der Waals surface area contributed by atoms with E-state index in [0.717, 1.165) is 16.7 Å². The van der Waals surface area contributed by atoms with Gasteiger partial charge in [-0.15, -0.1) is 0 Å². The average molecular weight is 485 g/mol. The van der Waals surface area contributed by atoms with Gasteiger partial charge in [-0.1, -0.05) is 91.0 Å². The molecule has 2 N–H and O–H groups in total. The fraction of sp³-hybridized carbons (Fsp3) is 0.357. The number of hydrogen-bond acceptors (Lipinski definition) is 5. The molecule has 7 heteroatoms. The highest BCUT2D eigenvalue weighted by molar-refractivity contribution is 5.16. The van der Waals surface area contributed by atoms with Gasteiger partial charge in [-0.05, 0) is 16.7 Å². The van der Waals surface area contributed by atoms with Crippen LogP contribution in [0.2, 0.25) is 0 Å². The van der Waals surface area contributed by atoms with Crippen LogP contribution in [-0.2, 0) is 34.0 Å². The highest BCUT2D eigenvalue weighted by atomic mass is 19.3. The number of benzene rings is 3. The first kappa shape index (κ1) is 25.4. The molecule has 1 aliphatic rings. The lowest BCUT2D eigenvalue weighted by Crippen LogP contribution is -2.66. The monoisotopic (exact) mass is 484 g/mol. The lowest BCUT2D eigenvalue weighted by atomic mass is 9.77. The molecule has 5 nitrogen and oxygen atoms in total. The van der Waals surface area contributed by atoms with Crippen molar-refractivity contribution in [2.45, 2.75) is 50.2 Å². The molecule has 5 atom stereocenters. The van der Waals surface area contributed by atoms with E-state index in [-0.39, 0.29) is 26.4 Å². The summed E-state index contributed by atoms with van der Waals surface area (Å²) in [6.45, 7) is -0.127. The van der Waals surface area contributed by atoms with Crippen LogP contribution in [0.5, 0.6) is 0 Å². The number of rotatable bonds is 10. The molecule has 3 aromatic carbocycles. The Hall–Kier alpha value is -2.68. The van der Waals surface area contributed by atoms with Crippen molar-refractivity contribution >= 4 is 0 Å². The summed E-state index contributed by atoms with van der Waals surface area (Å²) in [6, 6.07) is 27.6. The highest BCUT2D eigenvalue weighted by Crippen LogP contribution is 2.42. The molecule has 4 rings (SSSR count). The van der Waals surface area contributed by atoms with Crippen molar-refractivity contribution in [3.8, 4) is 0 Å². The van der Waals surface area contributed by atoms with Crippen LogP contribution in [0.25, 0.3) is 0 Å². The van der Waals surface area contributed by atoms with Gasteiger partial charge >= 0.3 is 0 Å². The smallest absolute Gasteiger partial charge is 0.283 e. The predicted octanol–water partition coefficient (Wildman–Crippen LogP) is 4.36. The minimum atomic E-state index is -3.65. The quantitative estimate of drug-likeness (QED) is 0.448. The summed E-state index contributed by atoms with van der Waals surface area (Å²) in [5.41, 5.74) is 2.44. The Balaban J connectivity index is 1.55. The van der Waals surface area contributed by atoms with Crippen LogP contribution in [0.4, 0.5) is 8.78 Å². The SMILES string of the molecule is OC1C(OCc2ccccc2)C(OCc2ccccc2)C(COCc2ccccc2)C(F)(F)C1O. The minimum absolute atomic E-state index is 0.0464. The molecule has 1 saturated carbocycles. The van der Waals surface area contributed by atoms with E-state index < -0.39 is 36.3 Å².